The summed E-state index contributed by atoms with van der Waals surface area (Å²) in [6, 6.07) is 7.48. The molecular formula is C13H11FN2O2S. The van der Waals surface area contributed by atoms with Gasteiger partial charge < -0.3 is 4.98 Å². The number of hydrogen-bond donors (Lipinski definition) is 1. The monoisotopic (exact) mass is 278 g/mol. The summed E-state index contributed by atoms with van der Waals surface area (Å²) < 4.78 is 13.3. The SMILES string of the molecule is O=C(CSc1nccc(=O)[nH]1)Cc1ccccc1F. The van der Waals surface area contributed by atoms with Crippen molar-refractivity contribution in [1.29, 1.82) is 0 Å². The molecule has 0 bridgehead atoms. The van der Waals surface area contributed by atoms with E-state index in [0.29, 0.717) is 10.7 Å². The fraction of sp³-hybridized carbons (Fsp3) is 0.154. The largest absolute Gasteiger partial charge is 0.301 e. The molecule has 1 aromatic carbocycles. The Bertz CT molecular complexity index is 642. The van der Waals surface area contributed by atoms with Gasteiger partial charge in [0.05, 0.1) is 5.75 Å². The van der Waals surface area contributed by atoms with Gasteiger partial charge in [-0.15, -0.1) is 0 Å². The second-order valence-corrected chi connectivity index (χ2v) is 4.80. The fourth-order valence-electron chi connectivity index (χ4n) is 1.48. The minimum atomic E-state index is -0.382. The molecule has 2 aromatic rings. The van der Waals surface area contributed by atoms with E-state index in [2.05, 4.69) is 9.97 Å². The number of nitrogens with one attached hydrogen (secondary N) is 1. The van der Waals surface area contributed by atoms with Gasteiger partial charge in [-0.2, -0.15) is 0 Å². The molecule has 6 heteroatoms. The molecule has 1 aromatic heterocycles. The summed E-state index contributed by atoms with van der Waals surface area (Å²) >= 11 is 1.13. The predicted octanol–water partition coefficient (Wildman–Crippen LogP) is 1.81. The van der Waals surface area contributed by atoms with E-state index in [9.17, 15) is 14.0 Å². The molecule has 0 aliphatic carbocycles. The van der Waals surface area contributed by atoms with Crippen LogP contribution in [0.5, 0.6) is 0 Å². The van der Waals surface area contributed by atoms with Crippen LogP contribution in [-0.2, 0) is 11.2 Å². The molecule has 0 aliphatic heterocycles. The lowest BCUT2D eigenvalue weighted by Crippen LogP contribution is -2.10. The topological polar surface area (TPSA) is 62.8 Å². The average molecular weight is 278 g/mol. The first-order valence-electron chi connectivity index (χ1n) is 5.58. The lowest BCUT2D eigenvalue weighted by Gasteiger charge is -2.02. The Morgan fingerprint density at radius 3 is 2.84 bits per heavy atom. The highest BCUT2D eigenvalue weighted by Crippen LogP contribution is 2.13. The molecule has 0 atom stereocenters. The summed E-state index contributed by atoms with van der Waals surface area (Å²) in [7, 11) is 0. The van der Waals surface area contributed by atoms with Gasteiger partial charge >= 0.3 is 0 Å². The third-order valence-corrected chi connectivity index (χ3v) is 3.31. The van der Waals surface area contributed by atoms with Crippen LogP contribution in [0.2, 0.25) is 0 Å². The Kier molecular flexibility index (Phi) is 4.46. The van der Waals surface area contributed by atoms with Crippen LogP contribution < -0.4 is 5.56 Å². The van der Waals surface area contributed by atoms with Crippen LogP contribution in [0.15, 0.2) is 46.5 Å². The van der Waals surface area contributed by atoms with E-state index in [0.717, 1.165) is 11.8 Å². The predicted molar refractivity (Wildman–Crippen MR) is 70.7 cm³/mol. The Hall–Kier alpha value is -1.95. The van der Waals surface area contributed by atoms with Crippen LogP contribution in [0.25, 0.3) is 0 Å². The fourth-order valence-corrected chi connectivity index (χ4v) is 2.19. The van der Waals surface area contributed by atoms with Crippen LogP contribution in [0.1, 0.15) is 5.56 Å². The van der Waals surface area contributed by atoms with Gasteiger partial charge in [-0.3, -0.25) is 9.59 Å². The standard InChI is InChI=1S/C13H11FN2O2S/c14-11-4-2-1-3-9(11)7-10(17)8-19-13-15-6-5-12(18)16-13/h1-6H,7-8H2,(H,15,16,18). The van der Waals surface area contributed by atoms with Crippen LogP contribution >= 0.6 is 11.8 Å². The molecule has 0 unspecified atom stereocenters. The van der Waals surface area contributed by atoms with Gasteiger partial charge in [-0.05, 0) is 11.6 Å². The highest BCUT2D eigenvalue weighted by atomic mass is 32.2. The van der Waals surface area contributed by atoms with Crippen LogP contribution in [0, 0.1) is 5.82 Å². The first-order chi connectivity index (χ1) is 9.15. The lowest BCUT2D eigenvalue weighted by molar-refractivity contribution is -0.116. The van der Waals surface area contributed by atoms with Crippen LogP contribution in [0.3, 0.4) is 0 Å². The van der Waals surface area contributed by atoms with E-state index >= 15 is 0 Å². The van der Waals surface area contributed by atoms with Crippen molar-refractivity contribution in [2.45, 2.75) is 11.6 Å². The molecular weight excluding hydrogens is 267 g/mol. The zero-order chi connectivity index (χ0) is 13.7. The first-order valence-corrected chi connectivity index (χ1v) is 6.57. The summed E-state index contributed by atoms with van der Waals surface area (Å²) in [5, 5.41) is 0.384. The van der Waals surface area contributed by atoms with E-state index in [1.54, 1.807) is 18.2 Å². The van der Waals surface area contributed by atoms with Gasteiger partial charge in [0.2, 0.25) is 0 Å². The van der Waals surface area contributed by atoms with E-state index in [1.165, 1.54) is 18.3 Å². The summed E-state index contributed by atoms with van der Waals surface area (Å²) in [4.78, 5) is 29.2. The van der Waals surface area contributed by atoms with Gasteiger partial charge in [-0.25, -0.2) is 9.37 Å². The number of rotatable bonds is 5. The van der Waals surface area contributed by atoms with Crippen molar-refractivity contribution >= 4 is 17.5 Å². The smallest absolute Gasteiger partial charge is 0.251 e. The van der Waals surface area contributed by atoms with Gasteiger partial charge in [0.15, 0.2) is 5.16 Å². The number of carbonyl (C=O) groups is 1. The molecule has 0 fully saturated rings. The molecule has 98 valence electrons. The highest BCUT2D eigenvalue weighted by molar-refractivity contribution is 7.99. The minimum absolute atomic E-state index is 0.0384. The van der Waals surface area contributed by atoms with E-state index < -0.39 is 0 Å². The van der Waals surface area contributed by atoms with Gasteiger partial charge in [0.1, 0.15) is 11.6 Å². The Labute approximate surface area is 113 Å². The maximum Gasteiger partial charge on any atom is 0.251 e. The van der Waals surface area contributed by atoms with Gasteiger partial charge in [-0.1, -0.05) is 30.0 Å². The second-order valence-electron chi connectivity index (χ2n) is 3.83. The normalized spacial score (nSPS) is 10.4. The maximum atomic E-state index is 13.3. The molecule has 0 saturated carbocycles. The minimum Gasteiger partial charge on any atom is -0.301 e. The zero-order valence-corrected chi connectivity index (χ0v) is 10.7. The number of H-pyrrole nitrogens is 1. The molecule has 1 N–H and O–H groups in total. The Balaban J connectivity index is 1.92. The van der Waals surface area contributed by atoms with Crippen molar-refractivity contribution in [3.63, 3.8) is 0 Å². The van der Waals surface area contributed by atoms with E-state index in [4.69, 9.17) is 0 Å². The number of aromatic amines is 1. The molecule has 0 radical (unpaired) electrons. The zero-order valence-electron chi connectivity index (χ0n) is 9.93. The van der Waals surface area contributed by atoms with E-state index in [1.807, 2.05) is 0 Å². The summed E-state index contributed by atoms with van der Waals surface area (Å²) in [6.45, 7) is 0. The molecule has 4 nitrogen and oxygen atoms in total. The molecule has 2 rings (SSSR count). The number of ketones is 1. The van der Waals surface area contributed by atoms with Crippen LogP contribution in [-0.4, -0.2) is 21.5 Å². The van der Waals surface area contributed by atoms with Crippen molar-refractivity contribution in [1.82, 2.24) is 9.97 Å². The number of carbonyl (C=O) groups excluding carboxylic acids is 1. The number of thioether (sulfide) groups is 1. The number of nitrogens with zero attached hydrogens (tertiary/aromatic N) is 1. The first kappa shape index (κ1) is 13.5. The molecule has 0 saturated heterocycles. The lowest BCUT2D eigenvalue weighted by atomic mass is 10.1. The van der Waals surface area contributed by atoms with Crippen molar-refractivity contribution in [3.8, 4) is 0 Å². The molecule has 0 spiro atoms. The third kappa shape index (κ3) is 4.03. The Morgan fingerprint density at radius 2 is 2.11 bits per heavy atom. The van der Waals surface area contributed by atoms with Crippen molar-refractivity contribution in [2.24, 2.45) is 0 Å². The van der Waals surface area contributed by atoms with Gasteiger partial charge in [0, 0.05) is 18.7 Å². The Morgan fingerprint density at radius 1 is 1.32 bits per heavy atom. The molecule has 0 aliphatic rings. The highest BCUT2D eigenvalue weighted by Gasteiger charge is 2.09. The van der Waals surface area contributed by atoms with Crippen molar-refractivity contribution in [3.05, 3.63) is 58.3 Å². The molecule has 19 heavy (non-hydrogen) atoms. The second kappa shape index (κ2) is 6.29. The van der Waals surface area contributed by atoms with Crippen LogP contribution in [0.4, 0.5) is 4.39 Å². The number of halogens is 1. The number of aromatic nitrogens is 2. The average Bonchev–Trinajstić information content (AvgIpc) is 2.39. The van der Waals surface area contributed by atoms with Gasteiger partial charge in [0.25, 0.3) is 5.56 Å². The van der Waals surface area contributed by atoms with Crippen molar-refractivity contribution in [2.75, 3.05) is 5.75 Å². The molecule has 0 amide bonds. The third-order valence-electron chi connectivity index (χ3n) is 2.36. The maximum absolute atomic E-state index is 13.3. The molecule has 1 heterocycles. The summed E-state index contributed by atoms with van der Waals surface area (Å²) in [5.41, 5.74) is 0.113. The van der Waals surface area contributed by atoms with Crippen molar-refractivity contribution < 1.29 is 9.18 Å². The summed E-state index contributed by atoms with van der Waals surface area (Å²) in [6.07, 6.45) is 1.42. The summed E-state index contributed by atoms with van der Waals surface area (Å²) in [5.74, 6) is -0.366. The van der Waals surface area contributed by atoms with E-state index in [-0.39, 0.29) is 29.3 Å². The number of Topliss-reactive ketones (excluding diaryl/α,β-unsaturated/α-hetero) is 1. The number of benzene rings is 1. The quantitative estimate of drug-likeness (QED) is 0.669. The number of hydrogen-bond acceptors (Lipinski definition) is 4.